The molecule has 0 saturated carbocycles. The Balaban J connectivity index is 1.69. The van der Waals surface area contributed by atoms with Gasteiger partial charge in [-0.1, -0.05) is 11.8 Å². The third-order valence-corrected chi connectivity index (χ3v) is 6.46. The molecular formula is C13H10BrN3O2S3. The van der Waals surface area contributed by atoms with Crippen LogP contribution in [0.5, 0.6) is 0 Å². The molecule has 5 nitrogen and oxygen atoms in total. The van der Waals surface area contributed by atoms with Crippen molar-refractivity contribution in [3.63, 3.8) is 0 Å². The maximum atomic E-state index is 12.1. The first-order valence-corrected chi connectivity index (χ1v) is 9.69. The first kappa shape index (κ1) is 15.9. The molecule has 114 valence electrons. The molecule has 3 aromatic rings. The van der Waals surface area contributed by atoms with Gasteiger partial charge in [0, 0.05) is 4.47 Å². The number of hydrogen-bond acceptors (Lipinski definition) is 8. The molecule has 0 radical (unpaired) electrons. The topological polar surface area (TPSA) is 68.9 Å². The minimum absolute atomic E-state index is 0.0384. The predicted molar refractivity (Wildman–Crippen MR) is 92.0 cm³/mol. The van der Waals surface area contributed by atoms with Gasteiger partial charge in [0.1, 0.15) is 4.88 Å². The molecule has 0 spiro atoms. The second-order valence-electron chi connectivity index (χ2n) is 4.33. The van der Waals surface area contributed by atoms with Crippen LogP contribution in [0, 0.1) is 13.8 Å². The Morgan fingerprint density at radius 1 is 1.41 bits per heavy atom. The number of carbonyl (C=O) groups excluding carboxylic acids is 1. The number of nitrogens with zero attached hydrogens (tertiary/aromatic N) is 3. The highest BCUT2D eigenvalue weighted by atomic mass is 79.9. The summed E-state index contributed by atoms with van der Waals surface area (Å²) in [6.45, 7) is 3.85. The molecule has 9 heteroatoms. The number of carbonyl (C=O) groups is 1. The van der Waals surface area contributed by atoms with Gasteiger partial charge < -0.3 is 4.42 Å². The summed E-state index contributed by atoms with van der Waals surface area (Å²) in [5.41, 5.74) is 0.876. The molecule has 0 fully saturated rings. The van der Waals surface area contributed by atoms with E-state index in [1.807, 2.05) is 25.3 Å². The van der Waals surface area contributed by atoms with E-state index in [2.05, 4.69) is 31.1 Å². The van der Waals surface area contributed by atoms with E-state index in [-0.39, 0.29) is 11.5 Å². The number of thiophene rings is 1. The fourth-order valence-electron chi connectivity index (χ4n) is 1.78. The van der Waals surface area contributed by atoms with E-state index in [0.29, 0.717) is 16.0 Å². The molecule has 0 atom stereocenters. The van der Waals surface area contributed by atoms with E-state index in [1.54, 1.807) is 0 Å². The first-order chi connectivity index (χ1) is 10.5. The SMILES string of the molecule is Cc1nc(C)c(-c2nnc(SCC(=O)c3sccc3Br)o2)s1. The molecule has 0 amide bonds. The van der Waals surface area contributed by atoms with Gasteiger partial charge in [0.05, 0.1) is 21.3 Å². The number of ketones is 1. The van der Waals surface area contributed by atoms with Crippen LogP contribution >= 0.6 is 50.4 Å². The van der Waals surface area contributed by atoms with Crippen LogP contribution in [-0.4, -0.2) is 26.7 Å². The van der Waals surface area contributed by atoms with Crippen molar-refractivity contribution in [2.45, 2.75) is 19.1 Å². The first-order valence-electron chi connectivity index (χ1n) is 6.21. The Hall–Kier alpha value is -1.03. The normalized spacial score (nSPS) is 11.0. The van der Waals surface area contributed by atoms with E-state index in [9.17, 15) is 4.79 Å². The maximum Gasteiger partial charge on any atom is 0.277 e. The molecule has 0 unspecified atom stereocenters. The molecule has 0 aliphatic rings. The average molecular weight is 416 g/mol. The Bertz CT molecular complexity index is 824. The molecule has 3 rings (SSSR count). The second kappa shape index (κ2) is 6.61. The number of rotatable bonds is 5. The quantitative estimate of drug-likeness (QED) is 0.447. The number of thiazole rings is 1. The lowest BCUT2D eigenvalue weighted by molar-refractivity contribution is 0.102. The Morgan fingerprint density at radius 3 is 2.86 bits per heavy atom. The van der Waals surface area contributed by atoms with Crippen LogP contribution in [0.1, 0.15) is 20.4 Å². The minimum Gasteiger partial charge on any atom is -0.410 e. The molecule has 0 aliphatic heterocycles. The van der Waals surface area contributed by atoms with Crippen molar-refractivity contribution >= 4 is 56.1 Å². The van der Waals surface area contributed by atoms with Gasteiger partial charge in [-0.2, -0.15) is 0 Å². The van der Waals surface area contributed by atoms with Gasteiger partial charge in [-0.25, -0.2) is 4.98 Å². The van der Waals surface area contributed by atoms with Crippen molar-refractivity contribution in [3.8, 4) is 10.8 Å². The van der Waals surface area contributed by atoms with Crippen LogP contribution < -0.4 is 0 Å². The fraction of sp³-hybridized carbons (Fsp3) is 0.231. The summed E-state index contributed by atoms with van der Waals surface area (Å²) in [5, 5.41) is 11.2. The Morgan fingerprint density at radius 2 is 2.23 bits per heavy atom. The van der Waals surface area contributed by atoms with Crippen LogP contribution in [0.2, 0.25) is 0 Å². The summed E-state index contributed by atoms with van der Waals surface area (Å²) in [4.78, 5) is 18.0. The summed E-state index contributed by atoms with van der Waals surface area (Å²) in [5.74, 6) is 0.758. The molecule has 22 heavy (non-hydrogen) atoms. The number of aryl methyl sites for hydroxylation is 2. The second-order valence-corrected chi connectivity index (χ2v) is 8.23. The number of Topliss-reactive ketones (excluding diaryl/α,β-unsaturated/α-hetero) is 1. The molecule has 3 heterocycles. The molecule has 0 bridgehead atoms. The number of halogens is 1. The number of aromatic nitrogens is 3. The zero-order valence-corrected chi connectivity index (χ0v) is 15.7. The van der Waals surface area contributed by atoms with Crippen LogP contribution in [0.15, 0.2) is 25.6 Å². The Labute approximate surface area is 147 Å². The third kappa shape index (κ3) is 3.32. The summed E-state index contributed by atoms with van der Waals surface area (Å²) >= 11 is 7.54. The van der Waals surface area contributed by atoms with E-state index in [1.165, 1.54) is 34.4 Å². The maximum absolute atomic E-state index is 12.1. The zero-order valence-electron chi connectivity index (χ0n) is 11.6. The molecular weight excluding hydrogens is 406 g/mol. The van der Waals surface area contributed by atoms with Gasteiger partial charge in [0.25, 0.3) is 11.1 Å². The van der Waals surface area contributed by atoms with Crippen LogP contribution in [0.25, 0.3) is 10.8 Å². The molecule has 0 saturated heterocycles. The summed E-state index contributed by atoms with van der Waals surface area (Å²) < 4.78 is 6.44. The summed E-state index contributed by atoms with van der Waals surface area (Å²) in [6.07, 6.45) is 0. The highest BCUT2D eigenvalue weighted by Gasteiger charge is 2.17. The standard InChI is InChI=1S/C13H10BrN3O2S3/c1-6-10(22-7(2)15-6)12-16-17-13(19-12)21-5-9(18)11-8(14)3-4-20-11/h3-4H,5H2,1-2H3. The summed E-state index contributed by atoms with van der Waals surface area (Å²) in [7, 11) is 0. The molecule has 3 aromatic heterocycles. The van der Waals surface area contributed by atoms with Crippen molar-refractivity contribution in [1.82, 2.24) is 15.2 Å². The molecule has 0 aromatic carbocycles. The van der Waals surface area contributed by atoms with Crippen molar-refractivity contribution in [1.29, 1.82) is 0 Å². The molecule has 0 N–H and O–H groups in total. The van der Waals surface area contributed by atoms with Crippen LogP contribution in [0.4, 0.5) is 0 Å². The average Bonchev–Trinajstić information content (AvgIpc) is 3.16. The lowest BCUT2D eigenvalue weighted by atomic mass is 10.3. The van der Waals surface area contributed by atoms with Gasteiger partial charge in [-0.05, 0) is 41.2 Å². The van der Waals surface area contributed by atoms with E-state index in [4.69, 9.17) is 4.42 Å². The highest BCUT2D eigenvalue weighted by Crippen LogP contribution is 2.31. The predicted octanol–water partition coefficient (Wildman–Crippen LogP) is 4.61. The fourth-order valence-corrected chi connectivity index (χ4v) is 4.88. The minimum atomic E-state index is 0.0384. The van der Waals surface area contributed by atoms with Gasteiger partial charge >= 0.3 is 0 Å². The van der Waals surface area contributed by atoms with E-state index < -0.39 is 0 Å². The smallest absolute Gasteiger partial charge is 0.277 e. The molecule has 0 aliphatic carbocycles. The van der Waals surface area contributed by atoms with E-state index >= 15 is 0 Å². The monoisotopic (exact) mass is 415 g/mol. The zero-order chi connectivity index (χ0) is 15.7. The van der Waals surface area contributed by atoms with Crippen molar-refractivity contribution < 1.29 is 9.21 Å². The Kier molecular flexibility index (Phi) is 4.76. The number of hydrogen-bond donors (Lipinski definition) is 0. The van der Waals surface area contributed by atoms with Crippen LogP contribution in [-0.2, 0) is 0 Å². The van der Waals surface area contributed by atoms with Gasteiger partial charge in [0.2, 0.25) is 0 Å². The van der Waals surface area contributed by atoms with Crippen molar-refractivity contribution in [3.05, 3.63) is 31.5 Å². The largest absolute Gasteiger partial charge is 0.410 e. The lowest BCUT2D eigenvalue weighted by Gasteiger charge is -1.96. The highest BCUT2D eigenvalue weighted by molar-refractivity contribution is 9.10. The lowest BCUT2D eigenvalue weighted by Crippen LogP contribution is -2.00. The summed E-state index contributed by atoms with van der Waals surface area (Å²) in [6, 6.07) is 1.86. The van der Waals surface area contributed by atoms with Gasteiger partial charge in [-0.15, -0.1) is 32.9 Å². The third-order valence-electron chi connectivity index (χ3n) is 2.70. The number of thioether (sulfide) groups is 1. The van der Waals surface area contributed by atoms with E-state index in [0.717, 1.165) is 20.1 Å². The van der Waals surface area contributed by atoms with Crippen molar-refractivity contribution in [2.24, 2.45) is 0 Å². The van der Waals surface area contributed by atoms with Gasteiger partial charge in [-0.3, -0.25) is 4.79 Å². The van der Waals surface area contributed by atoms with Crippen LogP contribution in [0.3, 0.4) is 0 Å². The van der Waals surface area contributed by atoms with Gasteiger partial charge in [0.15, 0.2) is 5.78 Å². The van der Waals surface area contributed by atoms with Crippen molar-refractivity contribution in [2.75, 3.05) is 5.75 Å².